The van der Waals surface area contributed by atoms with Gasteiger partial charge in [-0.05, 0) is 113 Å². The fourth-order valence-electron chi connectivity index (χ4n) is 7.92. The van der Waals surface area contributed by atoms with Gasteiger partial charge in [-0.2, -0.15) is 0 Å². The highest BCUT2D eigenvalue weighted by molar-refractivity contribution is 7.75. The third-order valence-corrected chi connectivity index (χ3v) is 15.3. The van der Waals surface area contributed by atoms with Crippen LogP contribution in [-0.4, -0.2) is 80.5 Å². The molecule has 16 heteroatoms. The minimum absolute atomic E-state index is 0.0790. The van der Waals surface area contributed by atoms with E-state index in [1.165, 1.54) is 52.9 Å². The maximum absolute atomic E-state index is 5.51. The third-order valence-electron chi connectivity index (χ3n) is 11.6. The second-order valence-electron chi connectivity index (χ2n) is 21.9. The summed E-state index contributed by atoms with van der Waals surface area (Å²) in [6, 6.07) is 0. The maximum Gasteiger partial charge on any atom is 0.0798 e. The quantitative estimate of drug-likeness (QED) is 0.0332. The molecule has 68 heavy (non-hydrogen) atoms. The molecule has 0 amide bonds. The molecule has 0 saturated heterocycles. The molecular formula is C52H88N8S8. The summed E-state index contributed by atoms with van der Waals surface area (Å²) < 4.78 is 6.94. The molecule has 0 aromatic heterocycles. The van der Waals surface area contributed by atoms with E-state index >= 15 is 0 Å². The molecule has 0 aliphatic rings. The summed E-state index contributed by atoms with van der Waals surface area (Å²) in [7, 11) is 8.18. The molecule has 0 saturated carbocycles. The van der Waals surface area contributed by atoms with Gasteiger partial charge in [0.1, 0.15) is 0 Å². The molecule has 8 N–H and O–H groups in total. The number of nitrogens with zero attached hydrogens (tertiary/aromatic N) is 2. The average molecular weight is 1080 g/mol. The zero-order valence-electron chi connectivity index (χ0n) is 44.6. The minimum atomic E-state index is 0.0790. The number of hydrogen-bond acceptors (Lipinski definition) is 16. The van der Waals surface area contributed by atoms with Gasteiger partial charge in [0, 0.05) is 62.5 Å². The van der Waals surface area contributed by atoms with Crippen molar-refractivity contribution in [3.63, 3.8) is 0 Å². The second kappa shape index (κ2) is 29.4. The molecule has 0 atom stereocenters. The number of anilines is 4. The standard InChI is InChI=1S/C14H24N2S2.2C13H22N2S2.C12H20N2S2/c1-14(2,3)10-11(13(18)12(10)17)16(5)9-7-6-8-15-4;1-13(2,3)9-10(12(17)11(9)16)15(4)8-6-5-7-14;1-13(2,3)9-10(12(17)11(9)16)15-8-6-5-7-14-4;1-12(2,3)8-9(11(16)10(8)15)14-7-5-4-6-13/h15H,6-9H2,1-5H3;5-8,14H2,1-4H3;14-15H,5-8H2,1-4H3;14H,4-7,13H2,1-3H3. The number of nitrogens with one attached hydrogen (secondary N) is 4. The summed E-state index contributed by atoms with van der Waals surface area (Å²) in [4.78, 5) is 4.50. The van der Waals surface area contributed by atoms with E-state index in [-0.39, 0.29) is 21.7 Å². The molecule has 0 radical (unpaired) electrons. The summed E-state index contributed by atoms with van der Waals surface area (Å²) in [5.41, 5.74) is 20.8. The van der Waals surface area contributed by atoms with E-state index in [2.05, 4.69) is 128 Å². The van der Waals surface area contributed by atoms with Gasteiger partial charge in [-0.15, -0.1) is 0 Å². The number of rotatable bonds is 22. The summed E-state index contributed by atoms with van der Waals surface area (Å²) in [5.74, 6) is 0. The largest absolute Gasteiger partial charge is 0.384 e. The van der Waals surface area contributed by atoms with Crippen LogP contribution in [0.15, 0.2) is 0 Å². The SMILES string of the molecule is CC(C)(C)c1c(NCCCCN)c(=S)c1=S.CN(CCCCN)c1c(C(C)(C)C)c(=S)c1=S.CNCCCCN(C)c1c(C(C)(C)C)c(=S)c1=S.CNCCCCNc1c(C(C)(C)C)c(=S)c1=S. The Balaban J connectivity index is 0.000000454. The first-order chi connectivity index (χ1) is 31.4. The van der Waals surface area contributed by atoms with Crippen molar-refractivity contribution < 1.29 is 0 Å². The van der Waals surface area contributed by atoms with Crippen LogP contribution in [0.1, 0.15) is 157 Å². The summed E-state index contributed by atoms with van der Waals surface area (Å²) in [6.45, 7) is 33.8. The van der Waals surface area contributed by atoms with Gasteiger partial charge in [0.15, 0.2) is 0 Å². The van der Waals surface area contributed by atoms with Crippen LogP contribution >= 0.6 is 97.7 Å². The first kappa shape index (κ1) is 64.7. The predicted molar refractivity (Wildman–Crippen MR) is 323 cm³/mol. The topological polar surface area (TPSA) is 107 Å². The van der Waals surface area contributed by atoms with Crippen LogP contribution in [0, 0.1) is 36.1 Å². The van der Waals surface area contributed by atoms with E-state index in [9.17, 15) is 0 Å². The Morgan fingerprint density at radius 3 is 0.941 bits per heavy atom. The molecule has 8 nitrogen and oxygen atoms in total. The Hall–Kier alpha value is -1.28. The van der Waals surface area contributed by atoms with Gasteiger partial charge in [-0.25, -0.2) is 0 Å². The van der Waals surface area contributed by atoms with E-state index < -0.39 is 0 Å². The van der Waals surface area contributed by atoms with Crippen LogP contribution < -0.4 is 42.5 Å². The van der Waals surface area contributed by atoms with Crippen LogP contribution in [-0.2, 0) is 21.7 Å². The zero-order chi connectivity index (χ0) is 52.5. The summed E-state index contributed by atoms with van der Waals surface area (Å²) in [5, 5.41) is 13.1. The van der Waals surface area contributed by atoms with Crippen molar-refractivity contribution in [2.45, 2.75) is 156 Å². The average Bonchev–Trinajstić information content (AvgIpc) is 3.24. The van der Waals surface area contributed by atoms with Crippen molar-refractivity contribution in [3.8, 4) is 0 Å². The van der Waals surface area contributed by atoms with Crippen LogP contribution in [0.4, 0.5) is 22.7 Å². The molecule has 4 rings (SSSR count). The van der Waals surface area contributed by atoms with Crippen LogP contribution in [0.3, 0.4) is 0 Å². The van der Waals surface area contributed by atoms with Gasteiger partial charge in [-0.3, -0.25) is 0 Å². The Morgan fingerprint density at radius 1 is 0.368 bits per heavy atom. The molecule has 0 spiro atoms. The van der Waals surface area contributed by atoms with E-state index in [1.807, 2.05) is 14.1 Å². The highest BCUT2D eigenvalue weighted by Crippen LogP contribution is 2.41. The molecular weight excluding hydrogens is 993 g/mol. The number of unbranched alkanes of at least 4 members (excludes halogenated alkanes) is 4. The zero-order valence-corrected chi connectivity index (χ0v) is 51.2. The van der Waals surface area contributed by atoms with Gasteiger partial charge in [0.25, 0.3) is 0 Å². The van der Waals surface area contributed by atoms with Crippen molar-refractivity contribution in [1.82, 2.24) is 10.6 Å². The summed E-state index contributed by atoms with van der Waals surface area (Å²) in [6.07, 6.45) is 8.97. The Labute approximate surface area is 454 Å². The molecule has 384 valence electrons. The van der Waals surface area contributed by atoms with Gasteiger partial charge in [0.05, 0.1) is 58.8 Å². The summed E-state index contributed by atoms with van der Waals surface area (Å²) >= 11 is 42.7. The van der Waals surface area contributed by atoms with Gasteiger partial charge in [-0.1, -0.05) is 181 Å². The number of nitrogens with two attached hydrogens (primary N) is 2. The first-order valence-electron chi connectivity index (χ1n) is 24.3. The maximum atomic E-state index is 5.51. The lowest BCUT2D eigenvalue weighted by Gasteiger charge is -2.32. The van der Waals surface area contributed by atoms with Gasteiger partial charge in [0.2, 0.25) is 0 Å². The van der Waals surface area contributed by atoms with E-state index in [1.54, 1.807) is 0 Å². The van der Waals surface area contributed by atoms with E-state index in [0.29, 0.717) is 0 Å². The van der Waals surface area contributed by atoms with Crippen LogP contribution in [0.5, 0.6) is 0 Å². The highest BCUT2D eigenvalue weighted by Gasteiger charge is 2.30. The Bertz CT molecular complexity index is 2460. The molecule has 4 aromatic carbocycles. The lowest BCUT2D eigenvalue weighted by atomic mass is 9.83. The van der Waals surface area contributed by atoms with Crippen LogP contribution in [0.2, 0.25) is 0 Å². The molecule has 0 aliphatic heterocycles. The lowest BCUT2D eigenvalue weighted by molar-refractivity contribution is 0.579. The van der Waals surface area contributed by atoms with E-state index in [4.69, 9.17) is 109 Å². The Kier molecular flexibility index (Phi) is 28.0. The smallest absolute Gasteiger partial charge is 0.0798 e. The Morgan fingerprint density at radius 2 is 0.632 bits per heavy atom. The first-order valence-corrected chi connectivity index (χ1v) is 27.6. The lowest BCUT2D eigenvalue weighted by Crippen LogP contribution is -2.27. The molecule has 4 aromatic rings. The number of hydrogen-bond donors (Lipinski definition) is 6. The van der Waals surface area contributed by atoms with E-state index in [0.717, 1.165) is 132 Å². The van der Waals surface area contributed by atoms with Gasteiger partial charge >= 0.3 is 0 Å². The fourth-order valence-corrected chi connectivity index (χ4v) is 11.2. The highest BCUT2D eigenvalue weighted by atomic mass is 32.1. The van der Waals surface area contributed by atoms with Crippen molar-refractivity contribution in [2.75, 3.05) is 101 Å². The van der Waals surface area contributed by atoms with Crippen molar-refractivity contribution >= 4 is 120 Å². The molecule has 0 fully saturated rings. The van der Waals surface area contributed by atoms with Gasteiger partial charge < -0.3 is 42.5 Å². The normalized spacial score (nSPS) is 12.0. The van der Waals surface area contributed by atoms with Crippen molar-refractivity contribution in [2.24, 2.45) is 11.5 Å². The molecule has 0 bridgehead atoms. The fraction of sp³-hybridized carbons (Fsp3) is 0.692. The minimum Gasteiger partial charge on any atom is -0.384 e. The predicted octanol–water partition coefficient (Wildman–Crippen LogP) is 14.4. The monoisotopic (exact) mass is 1080 g/mol. The van der Waals surface area contributed by atoms with Crippen molar-refractivity contribution in [3.05, 3.63) is 58.3 Å². The van der Waals surface area contributed by atoms with Crippen molar-refractivity contribution in [1.29, 1.82) is 0 Å². The third kappa shape index (κ3) is 18.6. The second-order valence-corrected chi connectivity index (χ2v) is 25.2. The molecule has 0 aliphatic carbocycles. The molecule has 0 unspecified atom stereocenters. The molecule has 0 heterocycles. The van der Waals surface area contributed by atoms with Crippen LogP contribution in [0.25, 0.3) is 0 Å².